The lowest BCUT2D eigenvalue weighted by Crippen LogP contribution is -2.19. The van der Waals surface area contributed by atoms with Crippen molar-refractivity contribution < 1.29 is 5.11 Å². The third-order valence-electron chi connectivity index (χ3n) is 2.54. The van der Waals surface area contributed by atoms with Crippen LogP contribution in [0.5, 0.6) is 0 Å². The maximum Gasteiger partial charge on any atom is 0.107 e. The Morgan fingerprint density at radius 3 is 2.81 bits per heavy atom. The van der Waals surface area contributed by atoms with Crippen LogP contribution in [0.15, 0.2) is 6.20 Å². The molecule has 0 saturated carbocycles. The average molecular weight is 242 g/mol. The molecule has 16 heavy (non-hydrogen) atoms. The zero-order valence-electron chi connectivity index (χ0n) is 10.4. The lowest BCUT2D eigenvalue weighted by Gasteiger charge is -2.07. The van der Waals surface area contributed by atoms with Crippen molar-refractivity contribution >= 4 is 11.3 Å². The van der Waals surface area contributed by atoms with Gasteiger partial charge in [-0.1, -0.05) is 20.8 Å². The number of nitrogens with one attached hydrogen (secondary N) is 1. The normalized spacial score (nSPS) is 13.3. The Labute approximate surface area is 102 Å². The molecule has 1 heterocycles. The predicted octanol–water partition coefficient (Wildman–Crippen LogP) is 2.52. The van der Waals surface area contributed by atoms with Gasteiger partial charge >= 0.3 is 0 Å². The van der Waals surface area contributed by atoms with Gasteiger partial charge in [0.25, 0.3) is 0 Å². The fourth-order valence-electron chi connectivity index (χ4n) is 1.34. The molecular weight excluding hydrogens is 220 g/mol. The minimum Gasteiger partial charge on any atom is -0.393 e. The van der Waals surface area contributed by atoms with Crippen LogP contribution in [-0.4, -0.2) is 22.7 Å². The van der Waals surface area contributed by atoms with Gasteiger partial charge in [0.1, 0.15) is 5.01 Å². The van der Waals surface area contributed by atoms with Crippen LogP contribution in [0.3, 0.4) is 0 Å². The molecule has 3 nitrogen and oxygen atoms in total. The molecule has 92 valence electrons. The first-order valence-electron chi connectivity index (χ1n) is 5.96. The highest BCUT2D eigenvalue weighted by molar-refractivity contribution is 7.11. The summed E-state index contributed by atoms with van der Waals surface area (Å²) in [7, 11) is 0. The van der Waals surface area contributed by atoms with Gasteiger partial charge in [-0.25, -0.2) is 4.98 Å². The first kappa shape index (κ1) is 13.6. The summed E-state index contributed by atoms with van der Waals surface area (Å²) in [5.74, 6) is 0.563. The molecule has 0 aromatic carbocycles. The van der Waals surface area contributed by atoms with E-state index < -0.39 is 0 Å². The second-order valence-corrected chi connectivity index (χ2v) is 5.49. The van der Waals surface area contributed by atoms with E-state index in [-0.39, 0.29) is 6.10 Å². The van der Waals surface area contributed by atoms with Crippen LogP contribution in [0.1, 0.15) is 49.4 Å². The van der Waals surface area contributed by atoms with Crippen LogP contribution in [0.25, 0.3) is 0 Å². The average Bonchev–Trinajstić information content (AvgIpc) is 2.72. The molecule has 0 aliphatic rings. The molecule has 0 aliphatic carbocycles. The van der Waals surface area contributed by atoms with Gasteiger partial charge in [0.2, 0.25) is 0 Å². The van der Waals surface area contributed by atoms with Crippen molar-refractivity contribution in [2.24, 2.45) is 0 Å². The molecule has 2 N–H and O–H groups in total. The van der Waals surface area contributed by atoms with Gasteiger partial charge in [0.15, 0.2) is 0 Å². The molecule has 0 amide bonds. The van der Waals surface area contributed by atoms with Crippen molar-refractivity contribution in [2.45, 2.75) is 52.2 Å². The van der Waals surface area contributed by atoms with Crippen LogP contribution in [0.4, 0.5) is 0 Å². The number of aromatic nitrogens is 1. The summed E-state index contributed by atoms with van der Waals surface area (Å²) >= 11 is 1.77. The zero-order valence-corrected chi connectivity index (χ0v) is 11.2. The summed E-state index contributed by atoms with van der Waals surface area (Å²) in [6.07, 6.45) is 3.44. The zero-order chi connectivity index (χ0) is 12.0. The third-order valence-corrected chi connectivity index (χ3v) is 3.84. The first-order valence-corrected chi connectivity index (χ1v) is 6.78. The second kappa shape index (κ2) is 6.99. The van der Waals surface area contributed by atoms with E-state index in [2.05, 4.69) is 24.1 Å². The van der Waals surface area contributed by atoms with Gasteiger partial charge in [-0.3, -0.25) is 0 Å². The van der Waals surface area contributed by atoms with Gasteiger partial charge in [-0.05, 0) is 25.3 Å². The summed E-state index contributed by atoms with van der Waals surface area (Å²) in [6, 6.07) is 0. The Morgan fingerprint density at radius 2 is 2.25 bits per heavy atom. The number of rotatable bonds is 7. The molecule has 1 atom stereocenters. The number of aliphatic hydroxyl groups excluding tert-OH is 1. The van der Waals surface area contributed by atoms with E-state index in [1.807, 2.05) is 13.1 Å². The largest absolute Gasteiger partial charge is 0.393 e. The predicted molar refractivity (Wildman–Crippen MR) is 68.8 cm³/mol. The summed E-state index contributed by atoms with van der Waals surface area (Å²) in [6.45, 7) is 8.03. The van der Waals surface area contributed by atoms with Gasteiger partial charge in [0.05, 0.1) is 6.10 Å². The van der Waals surface area contributed by atoms with E-state index in [9.17, 15) is 5.11 Å². The molecule has 1 rings (SSSR count). The number of nitrogens with zero attached hydrogens (tertiary/aromatic N) is 1. The highest BCUT2D eigenvalue weighted by Gasteiger charge is 2.05. The van der Waals surface area contributed by atoms with E-state index in [1.165, 1.54) is 4.88 Å². The summed E-state index contributed by atoms with van der Waals surface area (Å²) in [5.41, 5.74) is 0. The number of thiazole rings is 1. The second-order valence-electron chi connectivity index (χ2n) is 4.34. The van der Waals surface area contributed by atoms with Crippen molar-refractivity contribution in [3.63, 3.8) is 0 Å². The van der Waals surface area contributed by atoms with Crippen LogP contribution < -0.4 is 5.32 Å². The Kier molecular flexibility index (Phi) is 5.95. The third kappa shape index (κ3) is 4.60. The standard InChI is InChI=1S/C12H22N2OS/c1-4-10(15)5-6-13-8-12-14-7-11(16-12)9(2)3/h7,9-10,13,15H,4-6,8H2,1-3H3. The van der Waals surface area contributed by atoms with Crippen molar-refractivity contribution in [3.05, 3.63) is 16.1 Å². The number of hydrogen-bond acceptors (Lipinski definition) is 4. The van der Waals surface area contributed by atoms with Crippen molar-refractivity contribution in [2.75, 3.05) is 6.54 Å². The summed E-state index contributed by atoms with van der Waals surface area (Å²) < 4.78 is 0. The molecule has 4 heteroatoms. The van der Waals surface area contributed by atoms with Crippen molar-refractivity contribution in [1.29, 1.82) is 0 Å². The molecule has 0 aliphatic heterocycles. The quantitative estimate of drug-likeness (QED) is 0.722. The molecule has 1 unspecified atom stereocenters. The van der Waals surface area contributed by atoms with E-state index in [0.717, 1.165) is 30.9 Å². The SMILES string of the molecule is CCC(O)CCNCc1ncc(C(C)C)s1. The maximum absolute atomic E-state index is 9.38. The van der Waals surface area contributed by atoms with Gasteiger partial charge < -0.3 is 10.4 Å². The summed E-state index contributed by atoms with van der Waals surface area (Å²) in [5, 5.41) is 13.8. The van der Waals surface area contributed by atoms with Crippen LogP contribution in [0, 0.1) is 0 Å². The Balaban J connectivity index is 2.21. The fourth-order valence-corrected chi connectivity index (χ4v) is 2.23. The molecule has 0 bridgehead atoms. The Hall–Kier alpha value is -0.450. The highest BCUT2D eigenvalue weighted by atomic mass is 32.1. The highest BCUT2D eigenvalue weighted by Crippen LogP contribution is 2.21. The molecule has 0 spiro atoms. The van der Waals surface area contributed by atoms with E-state index >= 15 is 0 Å². The Morgan fingerprint density at radius 1 is 1.50 bits per heavy atom. The first-order chi connectivity index (χ1) is 7.63. The lowest BCUT2D eigenvalue weighted by atomic mass is 10.2. The lowest BCUT2D eigenvalue weighted by molar-refractivity contribution is 0.159. The van der Waals surface area contributed by atoms with Crippen molar-refractivity contribution in [1.82, 2.24) is 10.3 Å². The molecule has 0 saturated heterocycles. The minimum absolute atomic E-state index is 0.171. The van der Waals surface area contributed by atoms with E-state index in [0.29, 0.717) is 5.92 Å². The van der Waals surface area contributed by atoms with Crippen molar-refractivity contribution in [3.8, 4) is 0 Å². The monoisotopic (exact) mass is 242 g/mol. The van der Waals surface area contributed by atoms with Crippen LogP contribution >= 0.6 is 11.3 Å². The number of aliphatic hydroxyl groups is 1. The molecule has 1 aromatic rings. The molecule has 0 radical (unpaired) electrons. The molecule has 0 fully saturated rings. The van der Waals surface area contributed by atoms with Gasteiger partial charge in [-0.2, -0.15) is 0 Å². The minimum atomic E-state index is -0.171. The van der Waals surface area contributed by atoms with Crippen LogP contribution in [-0.2, 0) is 6.54 Å². The van der Waals surface area contributed by atoms with Gasteiger partial charge in [0, 0.05) is 17.6 Å². The summed E-state index contributed by atoms with van der Waals surface area (Å²) in [4.78, 5) is 5.71. The van der Waals surface area contributed by atoms with Gasteiger partial charge in [-0.15, -0.1) is 11.3 Å². The molecule has 1 aromatic heterocycles. The Bertz CT molecular complexity index is 299. The van der Waals surface area contributed by atoms with E-state index in [4.69, 9.17) is 0 Å². The molecular formula is C12H22N2OS. The van der Waals surface area contributed by atoms with E-state index in [1.54, 1.807) is 11.3 Å². The fraction of sp³-hybridized carbons (Fsp3) is 0.750. The van der Waals surface area contributed by atoms with Crippen LogP contribution in [0.2, 0.25) is 0 Å². The topological polar surface area (TPSA) is 45.1 Å². The smallest absolute Gasteiger partial charge is 0.107 e. The maximum atomic E-state index is 9.38. The number of hydrogen-bond donors (Lipinski definition) is 2.